The number of nitrogens with zero attached hydrogens (tertiary/aromatic N) is 1. The smallest absolute Gasteiger partial charge is 0.264 e. The van der Waals surface area contributed by atoms with Crippen LogP contribution in [0.15, 0.2) is 53.3 Å². The highest BCUT2D eigenvalue weighted by atomic mass is 35.5. The Morgan fingerprint density at radius 1 is 1.00 bits per heavy atom. The van der Waals surface area contributed by atoms with E-state index < -0.39 is 0 Å². The Morgan fingerprint density at radius 2 is 1.78 bits per heavy atom. The molecule has 0 saturated carbocycles. The summed E-state index contributed by atoms with van der Waals surface area (Å²) in [5.74, 6) is 0. The molecule has 3 nitrogen and oxygen atoms in total. The van der Waals surface area contributed by atoms with Gasteiger partial charge in [0.25, 0.3) is 5.56 Å². The second-order valence-electron chi connectivity index (χ2n) is 3.95. The van der Waals surface area contributed by atoms with E-state index in [1.54, 1.807) is 6.07 Å². The van der Waals surface area contributed by atoms with Crippen LogP contribution in [0.4, 0.5) is 0 Å². The van der Waals surface area contributed by atoms with Crippen molar-refractivity contribution in [2.45, 2.75) is 0 Å². The summed E-state index contributed by atoms with van der Waals surface area (Å²) < 4.78 is 0. The van der Waals surface area contributed by atoms with Crippen LogP contribution in [0.5, 0.6) is 0 Å². The molecule has 3 rings (SSSR count). The van der Waals surface area contributed by atoms with E-state index in [4.69, 9.17) is 11.6 Å². The molecule has 1 aromatic heterocycles. The van der Waals surface area contributed by atoms with Crippen LogP contribution in [0.3, 0.4) is 0 Å². The number of nitrogens with one attached hydrogen (secondary N) is 1. The number of aromatic nitrogens is 2. The molecule has 0 radical (unpaired) electrons. The van der Waals surface area contributed by atoms with Gasteiger partial charge >= 0.3 is 0 Å². The third kappa shape index (κ3) is 1.79. The lowest BCUT2D eigenvalue weighted by Crippen LogP contribution is -2.05. The van der Waals surface area contributed by atoms with Crippen LogP contribution in [0.25, 0.3) is 22.0 Å². The van der Waals surface area contributed by atoms with E-state index >= 15 is 0 Å². The molecule has 88 valence electrons. The molecule has 2 aromatic carbocycles. The van der Waals surface area contributed by atoms with Gasteiger partial charge in [0.1, 0.15) is 0 Å². The van der Waals surface area contributed by atoms with Gasteiger partial charge in [0.05, 0.1) is 5.69 Å². The second-order valence-corrected chi connectivity index (χ2v) is 4.36. The molecule has 0 atom stereocenters. The molecule has 3 aromatic rings. The Kier molecular flexibility index (Phi) is 2.61. The molecule has 4 heteroatoms. The van der Waals surface area contributed by atoms with E-state index in [9.17, 15) is 4.79 Å². The van der Waals surface area contributed by atoms with Gasteiger partial charge in [-0.2, -0.15) is 5.10 Å². The standard InChI is InChI=1S/C14H9ClN2O/c15-11-6-2-4-9-3-1-5-10(14(9)11)12-7-8-13(18)17-16-12/h1-8H,(H,17,18). The first-order valence-corrected chi connectivity index (χ1v) is 5.87. The van der Waals surface area contributed by atoms with E-state index in [0.29, 0.717) is 10.7 Å². The van der Waals surface area contributed by atoms with Crippen LogP contribution < -0.4 is 5.56 Å². The predicted octanol–water partition coefficient (Wildman–Crippen LogP) is 3.24. The van der Waals surface area contributed by atoms with Crippen LogP contribution in [0.1, 0.15) is 0 Å². The van der Waals surface area contributed by atoms with Gasteiger partial charge in [-0.15, -0.1) is 0 Å². The zero-order chi connectivity index (χ0) is 12.5. The van der Waals surface area contributed by atoms with Crippen LogP contribution in [0.2, 0.25) is 5.02 Å². The van der Waals surface area contributed by atoms with Crippen molar-refractivity contribution in [3.63, 3.8) is 0 Å². The number of hydrogen-bond donors (Lipinski definition) is 1. The van der Waals surface area contributed by atoms with Crippen LogP contribution in [-0.2, 0) is 0 Å². The molecule has 1 heterocycles. The highest BCUT2D eigenvalue weighted by molar-refractivity contribution is 6.36. The fraction of sp³-hybridized carbons (Fsp3) is 0. The number of benzene rings is 2. The predicted molar refractivity (Wildman–Crippen MR) is 72.8 cm³/mol. The van der Waals surface area contributed by atoms with Crippen molar-refractivity contribution in [3.05, 3.63) is 63.9 Å². The third-order valence-corrected chi connectivity index (χ3v) is 3.12. The van der Waals surface area contributed by atoms with E-state index in [1.165, 1.54) is 6.07 Å². The normalized spacial score (nSPS) is 10.7. The third-order valence-electron chi connectivity index (χ3n) is 2.81. The first-order valence-electron chi connectivity index (χ1n) is 5.49. The number of fused-ring (bicyclic) bond motifs is 1. The van der Waals surface area contributed by atoms with Crippen molar-refractivity contribution in [1.82, 2.24) is 10.2 Å². The van der Waals surface area contributed by atoms with Gasteiger partial charge in [0, 0.05) is 22.0 Å². The first kappa shape index (κ1) is 11.0. The number of rotatable bonds is 1. The zero-order valence-corrected chi connectivity index (χ0v) is 10.1. The van der Waals surface area contributed by atoms with Gasteiger partial charge in [0.15, 0.2) is 0 Å². The zero-order valence-electron chi connectivity index (χ0n) is 9.35. The summed E-state index contributed by atoms with van der Waals surface area (Å²) in [7, 11) is 0. The maximum atomic E-state index is 11.0. The van der Waals surface area contributed by atoms with Crippen molar-refractivity contribution in [2.75, 3.05) is 0 Å². The fourth-order valence-electron chi connectivity index (χ4n) is 2.00. The Bertz CT molecular complexity index is 754. The Balaban J connectivity index is 2.35. The van der Waals surface area contributed by atoms with E-state index in [0.717, 1.165) is 16.3 Å². The number of hydrogen-bond acceptors (Lipinski definition) is 2. The van der Waals surface area contributed by atoms with E-state index in [1.807, 2.05) is 36.4 Å². The largest absolute Gasteiger partial charge is 0.268 e. The highest BCUT2D eigenvalue weighted by Gasteiger charge is 2.07. The van der Waals surface area contributed by atoms with Gasteiger partial charge < -0.3 is 0 Å². The molecule has 0 amide bonds. The lowest BCUT2D eigenvalue weighted by Gasteiger charge is -2.07. The molecule has 0 aliphatic carbocycles. The van der Waals surface area contributed by atoms with Crippen molar-refractivity contribution in [3.8, 4) is 11.3 Å². The average molecular weight is 257 g/mol. The maximum Gasteiger partial charge on any atom is 0.264 e. The second kappa shape index (κ2) is 4.27. The summed E-state index contributed by atoms with van der Waals surface area (Å²) in [6, 6.07) is 14.8. The van der Waals surface area contributed by atoms with Crippen molar-refractivity contribution in [1.29, 1.82) is 0 Å². The van der Waals surface area contributed by atoms with Crippen molar-refractivity contribution < 1.29 is 0 Å². The molecule has 0 unspecified atom stereocenters. The number of H-pyrrole nitrogens is 1. The summed E-state index contributed by atoms with van der Waals surface area (Å²) in [4.78, 5) is 11.0. The molecule has 0 spiro atoms. The van der Waals surface area contributed by atoms with Gasteiger partial charge in [0.2, 0.25) is 0 Å². The minimum atomic E-state index is -0.218. The lowest BCUT2D eigenvalue weighted by atomic mass is 10.0. The summed E-state index contributed by atoms with van der Waals surface area (Å²) in [5, 5.41) is 9.15. The van der Waals surface area contributed by atoms with Gasteiger partial charge in [-0.25, -0.2) is 5.10 Å². The van der Waals surface area contributed by atoms with Crippen molar-refractivity contribution >= 4 is 22.4 Å². The number of halogens is 1. The van der Waals surface area contributed by atoms with Gasteiger partial charge in [-0.05, 0) is 17.5 Å². The summed E-state index contributed by atoms with van der Waals surface area (Å²) >= 11 is 6.24. The fourth-order valence-corrected chi connectivity index (χ4v) is 2.29. The summed E-state index contributed by atoms with van der Waals surface area (Å²) in [5.41, 5.74) is 1.40. The minimum absolute atomic E-state index is 0.218. The van der Waals surface area contributed by atoms with E-state index in [-0.39, 0.29) is 5.56 Å². The van der Waals surface area contributed by atoms with Crippen LogP contribution in [0, 0.1) is 0 Å². The minimum Gasteiger partial charge on any atom is -0.268 e. The van der Waals surface area contributed by atoms with E-state index in [2.05, 4.69) is 10.2 Å². The Morgan fingerprint density at radius 3 is 2.50 bits per heavy atom. The van der Waals surface area contributed by atoms with Crippen LogP contribution in [-0.4, -0.2) is 10.2 Å². The molecular formula is C14H9ClN2O. The summed E-state index contributed by atoms with van der Waals surface area (Å²) in [6.07, 6.45) is 0. The molecule has 0 fully saturated rings. The molecule has 0 aliphatic heterocycles. The monoisotopic (exact) mass is 256 g/mol. The molecule has 0 bridgehead atoms. The highest BCUT2D eigenvalue weighted by Crippen LogP contribution is 2.32. The number of aromatic amines is 1. The summed E-state index contributed by atoms with van der Waals surface area (Å²) in [6.45, 7) is 0. The topological polar surface area (TPSA) is 45.8 Å². The maximum absolute atomic E-state index is 11.0. The molecule has 18 heavy (non-hydrogen) atoms. The molecule has 1 N–H and O–H groups in total. The lowest BCUT2D eigenvalue weighted by molar-refractivity contribution is 0.996. The quantitative estimate of drug-likeness (QED) is 0.726. The van der Waals surface area contributed by atoms with Crippen molar-refractivity contribution in [2.24, 2.45) is 0 Å². The van der Waals surface area contributed by atoms with Crippen LogP contribution >= 0.6 is 11.6 Å². The Labute approximate surface area is 108 Å². The molecule has 0 aliphatic rings. The molecular weight excluding hydrogens is 248 g/mol. The SMILES string of the molecule is O=c1ccc(-c2cccc3cccc(Cl)c23)n[nH]1. The first-order chi connectivity index (χ1) is 8.75. The van der Waals surface area contributed by atoms with Gasteiger partial charge in [-0.1, -0.05) is 41.9 Å². The Hall–Kier alpha value is -2.13. The van der Waals surface area contributed by atoms with Gasteiger partial charge in [-0.3, -0.25) is 4.79 Å². The molecule has 0 saturated heterocycles. The average Bonchev–Trinajstić information content (AvgIpc) is 2.39.